The van der Waals surface area contributed by atoms with Crippen molar-refractivity contribution in [2.75, 3.05) is 29.4 Å². The van der Waals surface area contributed by atoms with E-state index in [1.54, 1.807) is 11.3 Å². The first-order valence-electron chi connectivity index (χ1n) is 10.6. The highest BCUT2D eigenvalue weighted by atomic mass is 32.1. The van der Waals surface area contributed by atoms with Crippen LogP contribution in [0.25, 0.3) is 10.2 Å². The molecule has 2 atom stereocenters. The Labute approximate surface area is 186 Å². The fourth-order valence-electron chi connectivity index (χ4n) is 4.26. The lowest BCUT2D eigenvalue weighted by Gasteiger charge is -2.30. The van der Waals surface area contributed by atoms with E-state index in [2.05, 4.69) is 23.2 Å². The number of fused-ring (bicyclic) bond motifs is 2. The molecule has 2 unspecified atom stereocenters. The minimum absolute atomic E-state index is 0.128. The number of hydrogen-bond donors (Lipinski definition) is 2. The van der Waals surface area contributed by atoms with Crippen molar-refractivity contribution in [3.63, 3.8) is 0 Å². The van der Waals surface area contributed by atoms with Gasteiger partial charge >= 0.3 is 6.18 Å². The second-order valence-corrected chi connectivity index (χ2v) is 9.39. The second-order valence-electron chi connectivity index (χ2n) is 8.27. The van der Waals surface area contributed by atoms with Crippen molar-refractivity contribution in [1.29, 1.82) is 0 Å². The van der Waals surface area contributed by atoms with Crippen molar-refractivity contribution in [2.45, 2.75) is 51.1 Å². The summed E-state index contributed by atoms with van der Waals surface area (Å²) >= 11 is 1.62. The number of hydrogen-bond acceptors (Lipinski definition) is 9. The van der Waals surface area contributed by atoms with Gasteiger partial charge in [0.2, 0.25) is 11.8 Å². The lowest BCUT2D eigenvalue weighted by Crippen LogP contribution is -2.39. The Hall–Kier alpha value is -2.51. The molecular weight excluding hydrogens is 443 g/mol. The van der Waals surface area contributed by atoms with Gasteiger partial charge in [0.1, 0.15) is 10.6 Å². The van der Waals surface area contributed by atoms with Crippen LogP contribution in [-0.4, -0.2) is 56.5 Å². The Kier molecular flexibility index (Phi) is 5.21. The third-order valence-corrected chi connectivity index (χ3v) is 7.00. The normalized spacial score (nSPS) is 21.6. The molecule has 0 spiro atoms. The van der Waals surface area contributed by atoms with Gasteiger partial charge in [-0.1, -0.05) is 13.3 Å². The van der Waals surface area contributed by atoms with E-state index in [4.69, 9.17) is 21.4 Å². The van der Waals surface area contributed by atoms with Gasteiger partial charge in [-0.25, -0.2) is 4.98 Å². The van der Waals surface area contributed by atoms with Gasteiger partial charge in [0.05, 0.1) is 11.9 Å². The molecule has 172 valence electrons. The van der Waals surface area contributed by atoms with Crippen LogP contribution in [0.3, 0.4) is 0 Å². The molecule has 0 bridgehead atoms. The summed E-state index contributed by atoms with van der Waals surface area (Å²) in [5.41, 5.74) is 12.2. The Morgan fingerprint density at radius 1 is 1.09 bits per heavy atom. The molecule has 1 saturated heterocycles. The summed E-state index contributed by atoms with van der Waals surface area (Å²) in [6.45, 7) is 3.91. The minimum atomic E-state index is -4.53. The summed E-state index contributed by atoms with van der Waals surface area (Å²) < 4.78 is 40.8. The van der Waals surface area contributed by atoms with E-state index in [0.717, 1.165) is 27.6 Å². The molecule has 9 nitrogen and oxygen atoms in total. The van der Waals surface area contributed by atoms with Crippen molar-refractivity contribution >= 4 is 33.3 Å². The first-order valence-corrected chi connectivity index (χ1v) is 11.4. The topological polar surface area (TPSA) is 115 Å². The summed E-state index contributed by atoms with van der Waals surface area (Å²) in [7, 11) is 0. The molecule has 0 aliphatic carbocycles. The van der Waals surface area contributed by atoms with Crippen molar-refractivity contribution in [1.82, 2.24) is 24.7 Å². The molecule has 0 radical (unpaired) electrons. The number of alkyl halides is 3. The molecule has 3 aromatic heterocycles. The maximum atomic E-state index is 13.2. The van der Waals surface area contributed by atoms with E-state index >= 15 is 0 Å². The van der Waals surface area contributed by atoms with Gasteiger partial charge in [-0.2, -0.15) is 18.2 Å². The lowest BCUT2D eigenvalue weighted by atomic mass is 10.2. The van der Waals surface area contributed by atoms with Gasteiger partial charge in [0, 0.05) is 43.1 Å². The van der Waals surface area contributed by atoms with Crippen LogP contribution in [0.1, 0.15) is 29.9 Å². The molecule has 4 N–H and O–H groups in total. The van der Waals surface area contributed by atoms with E-state index in [-0.39, 0.29) is 31.0 Å². The van der Waals surface area contributed by atoms with Crippen LogP contribution in [0.2, 0.25) is 0 Å². The number of aromatic nitrogens is 5. The van der Waals surface area contributed by atoms with E-state index in [1.165, 1.54) is 4.88 Å². The molecule has 5 heterocycles. The number of rotatable bonds is 4. The molecule has 0 amide bonds. The zero-order chi connectivity index (χ0) is 22.6. The smallest absolute Gasteiger partial charge is 0.347 e. The molecule has 0 aromatic carbocycles. The number of aryl methyl sites for hydroxylation is 1. The number of halogens is 3. The Balaban J connectivity index is 1.54. The van der Waals surface area contributed by atoms with Crippen LogP contribution in [-0.2, 0) is 25.7 Å². The van der Waals surface area contributed by atoms with E-state index in [0.29, 0.717) is 31.4 Å². The van der Waals surface area contributed by atoms with Gasteiger partial charge in [-0.05, 0) is 12.5 Å². The Morgan fingerprint density at radius 2 is 1.84 bits per heavy atom. The summed E-state index contributed by atoms with van der Waals surface area (Å²) in [6, 6.07) is 1.77. The number of thiophene rings is 1. The van der Waals surface area contributed by atoms with Crippen LogP contribution in [0.5, 0.6) is 0 Å². The zero-order valence-corrected chi connectivity index (χ0v) is 18.3. The SMILES string of the molecule is CCCc1cc2c(N3CCn4c(nnc4C(F)(F)F)C3)nc(N3CC(N)C(N)C3)nc2s1. The van der Waals surface area contributed by atoms with E-state index in [1.807, 2.05) is 9.80 Å². The van der Waals surface area contributed by atoms with Gasteiger partial charge in [0.15, 0.2) is 5.82 Å². The average molecular weight is 468 g/mol. The first kappa shape index (κ1) is 21.3. The van der Waals surface area contributed by atoms with Crippen molar-refractivity contribution in [2.24, 2.45) is 11.5 Å². The van der Waals surface area contributed by atoms with Crippen LogP contribution in [0.15, 0.2) is 6.07 Å². The third kappa shape index (κ3) is 3.67. The molecule has 5 rings (SSSR count). The molecule has 32 heavy (non-hydrogen) atoms. The van der Waals surface area contributed by atoms with Crippen molar-refractivity contribution < 1.29 is 13.2 Å². The fourth-order valence-corrected chi connectivity index (χ4v) is 5.38. The van der Waals surface area contributed by atoms with E-state index in [9.17, 15) is 13.2 Å². The van der Waals surface area contributed by atoms with Crippen LogP contribution in [0, 0.1) is 0 Å². The molecule has 2 aliphatic rings. The first-order chi connectivity index (χ1) is 15.2. The molecule has 2 aliphatic heterocycles. The van der Waals surface area contributed by atoms with Crippen LogP contribution >= 0.6 is 11.3 Å². The van der Waals surface area contributed by atoms with Crippen LogP contribution in [0.4, 0.5) is 24.9 Å². The van der Waals surface area contributed by atoms with Gasteiger partial charge in [-0.3, -0.25) is 0 Å². The maximum Gasteiger partial charge on any atom is 0.451 e. The van der Waals surface area contributed by atoms with Crippen LogP contribution < -0.4 is 21.3 Å². The highest BCUT2D eigenvalue weighted by molar-refractivity contribution is 7.18. The van der Waals surface area contributed by atoms with Crippen molar-refractivity contribution in [3.8, 4) is 0 Å². The standard InChI is InChI=1S/C19H24F3N9S/c1-2-3-10-6-11-15(25-18(26-16(11)32-10)30-7-12(23)13(24)8-30)29-4-5-31-14(9-29)27-28-17(31)19(20,21)22/h6,12-13H,2-5,7-9,23-24H2,1H3. The molecule has 3 aromatic rings. The highest BCUT2D eigenvalue weighted by Gasteiger charge is 2.40. The quantitative estimate of drug-likeness (QED) is 0.596. The Morgan fingerprint density at radius 3 is 2.53 bits per heavy atom. The van der Waals surface area contributed by atoms with E-state index < -0.39 is 12.0 Å². The maximum absolute atomic E-state index is 13.2. The number of nitrogens with zero attached hydrogens (tertiary/aromatic N) is 7. The fraction of sp³-hybridized carbons (Fsp3) is 0.579. The summed E-state index contributed by atoms with van der Waals surface area (Å²) in [4.78, 5) is 15.6. The van der Waals surface area contributed by atoms with Gasteiger partial charge in [0.25, 0.3) is 0 Å². The summed E-state index contributed by atoms with van der Waals surface area (Å²) in [5, 5.41) is 8.08. The monoisotopic (exact) mass is 467 g/mol. The average Bonchev–Trinajstić information content (AvgIpc) is 3.43. The number of anilines is 2. The molecule has 0 saturated carbocycles. The summed E-state index contributed by atoms with van der Waals surface area (Å²) in [6.07, 6.45) is -2.59. The number of nitrogens with two attached hydrogens (primary N) is 2. The van der Waals surface area contributed by atoms with Crippen molar-refractivity contribution in [3.05, 3.63) is 22.6 Å². The third-order valence-electron chi connectivity index (χ3n) is 5.91. The molecule has 1 fully saturated rings. The van der Waals surface area contributed by atoms with Gasteiger partial charge in [-0.15, -0.1) is 21.5 Å². The zero-order valence-electron chi connectivity index (χ0n) is 17.5. The minimum Gasteiger partial charge on any atom is -0.347 e. The Bertz CT molecular complexity index is 1130. The lowest BCUT2D eigenvalue weighted by molar-refractivity contribution is -0.147. The summed E-state index contributed by atoms with van der Waals surface area (Å²) in [5.74, 6) is 0.553. The highest BCUT2D eigenvalue weighted by Crippen LogP contribution is 2.36. The predicted molar refractivity (Wildman–Crippen MR) is 116 cm³/mol. The van der Waals surface area contributed by atoms with Gasteiger partial charge < -0.3 is 25.8 Å². The predicted octanol–water partition coefficient (Wildman–Crippen LogP) is 1.75. The second kappa shape index (κ2) is 7.81. The largest absolute Gasteiger partial charge is 0.451 e. The molecule has 13 heteroatoms. The molecular formula is C19H24F3N9S.